The van der Waals surface area contributed by atoms with Crippen molar-refractivity contribution in [3.8, 4) is 5.75 Å². The molecule has 0 atom stereocenters. The molecule has 88 valence electrons. The quantitative estimate of drug-likeness (QED) is 0.747. The highest BCUT2D eigenvalue weighted by molar-refractivity contribution is 5.80. The summed E-state index contributed by atoms with van der Waals surface area (Å²) in [5.74, 6) is -0.297. The molecule has 0 aromatic carbocycles. The number of hydrogen-bond acceptors (Lipinski definition) is 3. The molecule has 1 heterocycles. The number of carboxylic acids is 1. The molecule has 1 aromatic rings. The second-order valence-electron chi connectivity index (χ2n) is 3.56. The van der Waals surface area contributed by atoms with Crippen LogP contribution in [-0.4, -0.2) is 27.5 Å². The molecule has 0 spiro atoms. The highest BCUT2D eigenvalue weighted by Crippen LogP contribution is 2.09. The Morgan fingerprint density at radius 3 is 3.06 bits per heavy atom. The van der Waals surface area contributed by atoms with E-state index in [4.69, 9.17) is 9.84 Å². The minimum absolute atomic E-state index is 0.268. The van der Waals surface area contributed by atoms with Crippen molar-refractivity contribution in [2.45, 2.75) is 26.8 Å². The van der Waals surface area contributed by atoms with Crippen molar-refractivity contribution in [2.75, 3.05) is 6.61 Å². The lowest BCUT2D eigenvalue weighted by Gasteiger charge is -2.02. The maximum Gasteiger partial charge on any atom is 0.328 e. The second-order valence-corrected chi connectivity index (χ2v) is 3.56. The third-order valence-electron chi connectivity index (χ3n) is 1.90. The van der Waals surface area contributed by atoms with Crippen LogP contribution in [0.15, 0.2) is 24.0 Å². The first-order valence-corrected chi connectivity index (χ1v) is 5.17. The molecule has 1 rings (SSSR count). The topological polar surface area (TPSA) is 64.3 Å². The van der Waals surface area contributed by atoms with Crippen LogP contribution in [-0.2, 0) is 11.3 Å². The van der Waals surface area contributed by atoms with Crippen LogP contribution in [0.5, 0.6) is 5.75 Å². The number of aromatic nitrogens is 2. The highest BCUT2D eigenvalue weighted by Gasteiger charge is 2.00. The fourth-order valence-electron chi connectivity index (χ4n) is 1.22. The van der Waals surface area contributed by atoms with Crippen molar-refractivity contribution < 1.29 is 14.6 Å². The van der Waals surface area contributed by atoms with E-state index < -0.39 is 5.97 Å². The minimum atomic E-state index is -0.956. The zero-order valence-corrected chi connectivity index (χ0v) is 9.51. The van der Waals surface area contributed by atoms with Crippen LogP contribution in [0.25, 0.3) is 0 Å². The van der Waals surface area contributed by atoms with Gasteiger partial charge in [-0.05, 0) is 18.9 Å². The molecule has 0 bridgehead atoms. The van der Waals surface area contributed by atoms with Gasteiger partial charge in [-0.15, -0.1) is 0 Å². The molecule has 1 aromatic heterocycles. The van der Waals surface area contributed by atoms with Crippen molar-refractivity contribution in [1.82, 2.24) is 9.78 Å². The normalized spacial score (nSPS) is 11.5. The lowest BCUT2D eigenvalue weighted by molar-refractivity contribution is -0.131. The smallest absolute Gasteiger partial charge is 0.328 e. The standard InChI is InChI=1S/C11H16N2O3/c1-3-4-13-7-10(6-12-13)16-8-9(2)5-11(14)15/h5-7H,3-4,8H2,1-2H3,(H,14,15)/b9-5+. The lowest BCUT2D eigenvalue weighted by Crippen LogP contribution is -2.01. The van der Waals surface area contributed by atoms with Gasteiger partial charge in [-0.3, -0.25) is 4.68 Å². The molecule has 5 nitrogen and oxygen atoms in total. The van der Waals surface area contributed by atoms with E-state index in [2.05, 4.69) is 12.0 Å². The van der Waals surface area contributed by atoms with Gasteiger partial charge in [0.1, 0.15) is 6.61 Å². The van der Waals surface area contributed by atoms with Crippen LogP contribution in [0.1, 0.15) is 20.3 Å². The maximum absolute atomic E-state index is 10.4. The Kier molecular flexibility index (Phi) is 4.57. The molecule has 0 fully saturated rings. The van der Waals surface area contributed by atoms with Crippen molar-refractivity contribution in [2.24, 2.45) is 0 Å². The maximum atomic E-state index is 10.4. The van der Waals surface area contributed by atoms with Crippen LogP contribution >= 0.6 is 0 Å². The van der Waals surface area contributed by atoms with E-state index in [9.17, 15) is 4.79 Å². The average Bonchev–Trinajstić information content (AvgIpc) is 2.62. The van der Waals surface area contributed by atoms with Gasteiger partial charge in [0.05, 0.1) is 12.4 Å². The largest absolute Gasteiger partial charge is 0.486 e. The Balaban J connectivity index is 2.45. The third kappa shape index (κ3) is 4.16. The minimum Gasteiger partial charge on any atom is -0.486 e. The van der Waals surface area contributed by atoms with Gasteiger partial charge >= 0.3 is 5.97 Å². The Morgan fingerprint density at radius 2 is 2.44 bits per heavy atom. The molecular formula is C11H16N2O3. The summed E-state index contributed by atoms with van der Waals surface area (Å²) in [5, 5.41) is 12.6. The van der Waals surface area contributed by atoms with Gasteiger partial charge in [0.25, 0.3) is 0 Å². The van der Waals surface area contributed by atoms with E-state index in [-0.39, 0.29) is 6.61 Å². The third-order valence-corrected chi connectivity index (χ3v) is 1.90. The van der Waals surface area contributed by atoms with Gasteiger partial charge in [-0.1, -0.05) is 6.92 Å². The second kappa shape index (κ2) is 5.95. The summed E-state index contributed by atoms with van der Waals surface area (Å²) in [7, 11) is 0. The summed E-state index contributed by atoms with van der Waals surface area (Å²) in [6.45, 7) is 4.91. The molecule has 0 saturated heterocycles. The Labute approximate surface area is 94.3 Å². The van der Waals surface area contributed by atoms with Crippen molar-refractivity contribution in [3.63, 3.8) is 0 Å². The summed E-state index contributed by atoms with van der Waals surface area (Å²) in [4.78, 5) is 10.4. The predicted molar refractivity (Wildman–Crippen MR) is 59.4 cm³/mol. The number of carboxylic acid groups (broad SMARTS) is 1. The predicted octanol–water partition coefficient (Wildman–Crippen LogP) is 1.70. The summed E-state index contributed by atoms with van der Waals surface area (Å²) in [6.07, 6.45) is 5.58. The van der Waals surface area contributed by atoms with E-state index in [1.807, 2.05) is 0 Å². The van der Waals surface area contributed by atoms with Gasteiger partial charge in [-0.2, -0.15) is 5.10 Å². The number of carbonyl (C=O) groups is 1. The first-order valence-electron chi connectivity index (χ1n) is 5.17. The van der Waals surface area contributed by atoms with Gasteiger partial charge in [0.2, 0.25) is 0 Å². The summed E-state index contributed by atoms with van der Waals surface area (Å²) >= 11 is 0. The molecule has 0 aliphatic heterocycles. The monoisotopic (exact) mass is 224 g/mol. The lowest BCUT2D eigenvalue weighted by atomic mass is 10.3. The molecule has 16 heavy (non-hydrogen) atoms. The van der Waals surface area contributed by atoms with Gasteiger partial charge in [0.15, 0.2) is 5.75 Å². The zero-order valence-electron chi connectivity index (χ0n) is 9.51. The molecule has 5 heteroatoms. The fraction of sp³-hybridized carbons (Fsp3) is 0.455. The van der Waals surface area contributed by atoms with Gasteiger partial charge in [0, 0.05) is 12.6 Å². The van der Waals surface area contributed by atoms with Crippen molar-refractivity contribution in [1.29, 1.82) is 0 Å². The van der Waals surface area contributed by atoms with Crippen molar-refractivity contribution in [3.05, 3.63) is 24.0 Å². The number of rotatable bonds is 6. The molecule has 0 aliphatic rings. The number of hydrogen-bond donors (Lipinski definition) is 1. The van der Waals surface area contributed by atoms with E-state index in [0.717, 1.165) is 19.0 Å². The molecule has 0 radical (unpaired) electrons. The summed E-state index contributed by atoms with van der Waals surface area (Å²) < 4.78 is 7.18. The van der Waals surface area contributed by atoms with Crippen LogP contribution in [0.3, 0.4) is 0 Å². The molecule has 0 unspecified atom stereocenters. The summed E-state index contributed by atoms with van der Waals surface area (Å²) in [5.41, 5.74) is 0.663. The van der Waals surface area contributed by atoms with E-state index in [0.29, 0.717) is 11.3 Å². The number of aryl methyl sites for hydroxylation is 1. The van der Waals surface area contributed by atoms with Crippen LogP contribution < -0.4 is 4.74 Å². The SMILES string of the molecule is CCCn1cc(OC/C(C)=C/C(=O)O)cn1. The Hall–Kier alpha value is -1.78. The molecule has 1 N–H and O–H groups in total. The Bertz CT molecular complexity index is 382. The molecule has 0 aliphatic carbocycles. The van der Waals surface area contributed by atoms with Crippen LogP contribution in [0.4, 0.5) is 0 Å². The number of nitrogens with zero attached hydrogens (tertiary/aromatic N) is 2. The first-order chi connectivity index (χ1) is 7.61. The molecule has 0 amide bonds. The van der Waals surface area contributed by atoms with E-state index in [1.165, 1.54) is 0 Å². The fourth-order valence-corrected chi connectivity index (χ4v) is 1.22. The number of aliphatic carboxylic acids is 1. The Morgan fingerprint density at radius 1 is 1.69 bits per heavy atom. The van der Waals surface area contributed by atoms with Gasteiger partial charge < -0.3 is 9.84 Å². The number of ether oxygens (including phenoxy) is 1. The van der Waals surface area contributed by atoms with Crippen LogP contribution in [0, 0.1) is 0 Å². The molecular weight excluding hydrogens is 208 g/mol. The first kappa shape index (κ1) is 12.3. The highest BCUT2D eigenvalue weighted by atomic mass is 16.5. The van der Waals surface area contributed by atoms with Crippen LogP contribution in [0.2, 0.25) is 0 Å². The van der Waals surface area contributed by atoms with Crippen molar-refractivity contribution >= 4 is 5.97 Å². The molecule has 0 saturated carbocycles. The zero-order chi connectivity index (χ0) is 12.0. The van der Waals surface area contributed by atoms with Gasteiger partial charge in [-0.25, -0.2) is 4.79 Å². The summed E-state index contributed by atoms with van der Waals surface area (Å²) in [6, 6.07) is 0. The average molecular weight is 224 g/mol. The van der Waals surface area contributed by atoms with E-state index in [1.54, 1.807) is 24.0 Å². The van der Waals surface area contributed by atoms with E-state index >= 15 is 0 Å².